The summed E-state index contributed by atoms with van der Waals surface area (Å²) in [5.41, 5.74) is 0. The van der Waals surface area contributed by atoms with Crippen molar-refractivity contribution in [2.24, 2.45) is 0 Å². The molecule has 1 rings (SSSR count). The average Bonchev–Trinajstić information content (AvgIpc) is 2.01. The quantitative estimate of drug-likeness (QED) is 0.469. The maximum atomic E-state index is 10.6. The van der Waals surface area contributed by atoms with Gasteiger partial charge < -0.3 is 20.2 Å². The average molecular weight is 225 g/mol. The number of aliphatic carboxylic acids is 1. The van der Waals surface area contributed by atoms with Crippen molar-refractivity contribution in [2.45, 2.75) is 25.0 Å². The monoisotopic (exact) mass is 225 g/mol. The summed E-state index contributed by atoms with van der Waals surface area (Å²) in [5, 5.41) is 11.3. The Balaban J connectivity index is 2.48. The van der Waals surface area contributed by atoms with Crippen molar-refractivity contribution in [3.05, 3.63) is 0 Å². The van der Waals surface area contributed by atoms with Gasteiger partial charge in [0.1, 0.15) is 6.04 Å². The molecule has 7 nitrogen and oxygen atoms in total. The molecule has 1 aliphatic heterocycles. The molecule has 1 aliphatic rings. The number of phosphoric acid groups is 1. The lowest BCUT2D eigenvalue weighted by Gasteiger charge is -2.27. The van der Waals surface area contributed by atoms with Crippen LogP contribution in [0, 0.1) is 0 Å². The SMILES string of the molecule is O=C(O)[C@@H]1C[C@H](OP(=O)(O)O)CCN1. The molecule has 0 amide bonds. The topological polar surface area (TPSA) is 116 Å². The van der Waals surface area contributed by atoms with Crippen LogP contribution in [-0.4, -0.2) is 39.6 Å². The summed E-state index contributed by atoms with van der Waals surface area (Å²) in [6.45, 7) is 0.377. The fourth-order valence-corrected chi connectivity index (χ4v) is 1.94. The van der Waals surface area contributed by atoms with Gasteiger partial charge in [-0.2, -0.15) is 0 Å². The first-order valence-corrected chi connectivity index (χ1v) is 5.61. The lowest BCUT2D eigenvalue weighted by molar-refractivity contribution is -0.141. The van der Waals surface area contributed by atoms with Crippen LogP contribution in [0.25, 0.3) is 0 Å². The molecule has 0 unspecified atom stereocenters. The Morgan fingerprint density at radius 3 is 2.64 bits per heavy atom. The van der Waals surface area contributed by atoms with E-state index in [-0.39, 0.29) is 6.42 Å². The van der Waals surface area contributed by atoms with E-state index < -0.39 is 25.9 Å². The van der Waals surface area contributed by atoms with E-state index in [2.05, 4.69) is 9.84 Å². The highest BCUT2D eigenvalue weighted by molar-refractivity contribution is 7.46. The number of hydrogen-bond acceptors (Lipinski definition) is 4. The van der Waals surface area contributed by atoms with Gasteiger partial charge in [0.2, 0.25) is 0 Å². The van der Waals surface area contributed by atoms with Gasteiger partial charge in [-0.15, -0.1) is 0 Å². The van der Waals surface area contributed by atoms with Gasteiger partial charge in [0.05, 0.1) is 6.10 Å². The summed E-state index contributed by atoms with van der Waals surface area (Å²) in [7, 11) is -4.51. The van der Waals surface area contributed by atoms with E-state index >= 15 is 0 Å². The number of nitrogens with one attached hydrogen (secondary N) is 1. The van der Waals surface area contributed by atoms with Crippen LogP contribution in [0.4, 0.5) is 0 Å². The summed E-state index contributed by atoms with van der Waals surface area (Å²) in [4.78, 5) is 27.6. The van der Waals surface area contributed by atoms with Crippen molar-refractivity contribution in [2.75, 3.05) is 6.54 Å². The lowest BCUT2D eigenvalue weighted by Crippen LogP contribution is -2.45. The normalized spacial score (nSPS) is 28.7. The molecule has 0 saturated carbocycles. The maximum Gasteiger partial charge on any atom is 0.469 e. The smallest absolute Gasteiger partial charge is 0.469 e. The Morgan fingerprint density at radius 1 is 1.50 bits per heavy atom. The molecule has 0 aromatic rings. The first kappa shape index (κ1) is 11.6. The van der Waals surface area contributed by atoms with Crippen LogP contribution in [0.1, 0.15) is 12.8 Å². The van der Waals surface area contributed by atoms with Crippen molar-refractivity contribution >= 4 is 13.8 Å². The molecule has 1 fully saturated rings. The summed E-state index contributed by atoms with van der Waals surface area (Å²) < 4.78 is 14.9. The number of carbonyl (C=O) groups is 1. The fourth-order valence-electron chi connectivity index (χ4n) is 1.36. The van der Waals surface area contributed by atoms with Gasteiger partial charge in [0, 0.05) is 6.42 Å². The van der Waals surface area contributed by atoms with Crippen LogP contribution in [-0.2, 0) is 13.9 Å². The van der Waals surface area contributed by atoms with Crippen LogP contribution in [0.2, 0.25) is 0 Å². The van der Waals surface area contributed by atoms with Crippen molar-refractivity contribution in [3.8, 4) is 0 Å². The van der Waals surface area contributed by atoms with Gasteiger partial charge in [-0.3, -0.25) is 9.32 Å². The highest BCUT2D eigenvalue weighted by Gasteiger charge is 2.31. The number of piperidine rings is 1. The van der Waals surface area contributed by atoms with E-state index in [9.17, 15) is 9.36 Å². The van der Waals surface area contributed by atoms with Crippen LogP contribution >= 0.6 is 7.82 Å². The molecule has 0 aliphatic carbocycles. The van der Waals surface area contributed by atoms with Crippen molar-refractivity contribution in [3.63, 3.8) is 0 Å². The molecule has 2 atom stereocenters. The molecule has 0 bridgehead atoms. The summed E-state index contributed by atoms with van der Waals surface area (Å²) >= 11 is 0. The molecule has 1 saturated heterocycles. The molecule has 0 radical (unpaired) electrons. The van der Waals surface area contributed by atoms with Crippen molar-refractivity contribution in [1.29, 1.82) is 0 Å². The van der Waals surface area contributed by atoms with Gasteiger partial charge in [-0.1, -0.05) is 0 Å². The number of rotatable bonds is 3. The number of hydrogen-bond donors (Lipinski definition) is 4. The third-order valence-corrected chi connectivity index (χ3v) is 2.51. The molecule has 8 heteroatoms. The van der Waals surface area contributed by atoms with E-state index in [4.69, 9.17) is 14.9 Å². The molecule has 14 heavy (non-hydrogen) atoms. The molecule has 0 aromatic heterocycles. The fraction of sp³-hybridized carbons (Fsp3) is 0.833. The van der Waals surface area contributed by atoms with E-state index in [0.29, 0.717) is 13.0 Å². The highest BCUT2D eigenvalue weighted by Crippen LogP contribution is 2.39. The predicted molar refractivity (Wildman–Crippen MR) is 45.6 cm³/mol. The Bertz CT molecular complexity index is 263. The molecule has 4 N–H and O–H groups in total. The lowest BCUT2D eigenvalue weighted by atomic mass is 10.0. The van der Waals surface area contributed by atoms with Gasteiger partial charge in [-0.05, 0) is 13.0 Å². The van der Waals surface area contributed by atoms with Gasteiger partial charge in [0.15, 0.2) is 0 Å². The predicted octanol–water partition coefficient (Wildman–Crippen LogP) is -0.699. The van der Waals surface area contributed by atoms with E-state index in [0.717, 1.165) is 0 Å². The van der Waals surface area contributed by atoms with E-state index in [1.807, 2.05) is 0 Å². The molecular formula is C6H12NO6P. The van der Waals surface area contributed by atoms with E-state index in [1.54, 1.807) is 0 Å². The Morgan fingerprint density at radius 2 is 2.14 bits per heavy atom. The number of carboxylic acid groups (broad SMARTS) is 1. The summed E-state index contributed by atoms with van der Waals surface area (Å²) in [5.74, 6) is -1.04. The first-order chi connectivity index (χ1) is 6.38. The maximum absolute atomic E-state index is 10.6. The van der Waals surface area contributed by atoms with Crippen molar-refractivity contribution < 1.29 is 28.8 Å². The zero-order chi connectivity index (χ0) is 10.8. The first-order valence-electron chi connectivity index (χ1n) is 4.08. The molecule has 1 heterocycles. The standard InChI is InChI=1S/C6H12NO6P/c8-6(9)5-3-4(1-2-7-5)13-14(10,11)12/h4-5,7H,1-3H2,(H,8,9)(H2,10,11,12)/t4-,5+/m1/s1. The minimum absolute atomic E-state index is 0.0699. The van der Waals surface area contributed by atoms with Crippen LogP contribution in [0.3, 0.4) is 0 Å². The number of phosphoric ester groups is 1. The third kappa shape index (κ3) is 3.73. The molecular weight excluding hydrogens is 213 g/mol. The third-order valence-electron chi connectivity index (χ3n) is 1.94. The van der Waals surface area contributed by atoms with Gasteiger partial charge in [-0.25, -0.2) is 4.57 Å². The van der Waals surface area contributed by atoms with E-state index in [1.165, 1.54) is 0 Å². The largest absolute Gasteiger partial charge is 0.480 e. The Labute approximate surface area is 80.3 Å². The Hall–Kier alpha value is -0.460. The molecule has 82 valence electrons. The molecule has 0 spiro atoms. The minimum Gasteiger partial charge on any atom is -0.480 e. The van der Waals surface area contributed by atoms with Crippen LogP contribution in [0.15, 0.2) is 0 Å². The second kappa shape index (κ2) is 4.37. The highest BCUT2D eigenvalue weighted by atomic mass is 31.2. The number of carboxylic acids is 1. The van der Waals surface area contributed by atoms with Crippen molar-refractivity contribution in [1.82, 2.24) is 5.32 Å². The van der Waals surface area contributed by atoms with Gasteiger partial charge in [0.25, 0.3) is 0 Å². The summed E-state index contributed by atoms with van der Waals surface area (Å²) in [6, 6.07) is -0.791. The minimum atomic E-state index is -4.51. The second-order valence-electron chi connectivity index (χ2n) is 3.09. The van der Waals surface area contributed by atoms with Crippen LogP contribution < -0.4 is 5.32 Å². The summed E-state index contributed by atoms with van der Waals surface area (Å²) in [6.07, 6.45) is -0.229. The zero-order valence-electron chi connectivity index (χ0n) is 7.29. The molecule has 0 aromatic carbocycles. The zero-order valence-corrected chi connectivity index (χ0v) is 8.18. The van der Waals surface area contributed by atoms with Gasteiger partial charge >= 0.3 is 13.8 Å². The van der Waals surface area contributed by atoms with Crippen LogP contribution in [0.5, 0.6) is 0 Å². The Kier molecular flexibility index (Phi) is 3.63. The second-order valence-corrected chi connectivity index (χ2v) is 4.28.